The van der Waals surface area contributed by atoms with Gasteiger partial charge < -0.3 is 14.5 Å². The van der Waals surface area contributed by atoms with Crippen molar-refractivity contribution < 1.29 is 4.74 Å². The van der Waals surface area contributed by atoms with Crippen molar-refractivity contribution in [1.82, 2.24) is 24.6 Å². The van der Waals surface area contributed by atoms with Gasteiger partial charge in [-0.05, 0) is 63.5 Å². The van der Waals surface area contributed by atoms with Crippen LogP contribution in [0.15, 0.2) is 30.6 Å². The van der Waals surface area contributed by atoms with Gasteiger partial charge in [-0.3, -0.25) is 0 Å². The zero-order valence-corrected chi connectivity index (χ0v) is 21.0. The van der Waals surface area contributed by atoms with Gasteiger partial charge in [0.1, 0.15) is 18.0 Å². The van der Waals surface area contributed by atoms with Crippen LogP contribution < -0.4 is 9.80 Å². The van der Waals surface area contributed by atoms with E-state index < -0.39 is 0 Å². The van der Waals surface area contributed by atoms with Gasteiger partial charge in [0.25, 0.3) is 0 Å². The number of fused-ring (bicyclic) bond motifs is 3. The van der Waals surface area contributed by atoms with Gasteiger partial charge in [-0.1, -0.05) is 12.1 Å². The number of hydrogen-bond donors (Lipinski definition) is 0. The average molecular weight is 484 g/mol. The number of nitrogens with zero attached hydrogens (tertiary/aromatic N) is 7. The number of hydrogen-bond acceptors (Lipinski definition) is 7. The second kappa shape index (κ2) is 9.00. The van der Waals surface area contributed by atoms with E-state index in [0.29, 0.717) is 0 Å². The Morgan fingerprint density at radius 3 is 2.78 bits per heavy atom. The summed E-state index contributed by atoms with van der Waals surface area (Å²) in [5, 5.41) is 6.44. The Morgan fingerprint density at radius 2 is 1.86 bits per heavy atom. The summed E-state index contributed by atoms with van der Waals surface area (Å²) in [6, 6.07) is 8.72. The molecule has 0 radical (unpaired) electrons. The molecule has 0 bridgehead atoms. The number of morpholine rings is 1. The van der Waals surface area contributed by atoms with Crippen LogP contribution in [0.25, 0.3) is 16.6 Å². The van der Waals surface area contributed by atoms with Crippen molar-refractivity contribution in [2.45, 2.75) is 57.9 Å². The van der Waals surface area contributed by atoms with Gasteiger partial charge in [0, 0.05) is 42.3 Å². The van der Waals surface area contributed by atoms with Gasteiger partial charge in [-0.15, -0.1) is 0 Å². The van der Waals surface area contributed by atoms with Crippen LogP contribution in [0.1, 0.15) is 60.7 Å². The molecule has 1 aliphatic carbocycles. The van der Waals surface area contributed by atoms with E-state index in [1.807, 2.05) is 0 Å². The zero-order chi connectivity index (χ0) is 24.1. The summed E-state index contributed by atoms with van der Waals surface area (Å²) < 4.78 is 7.82. The van der Waals surface area contributed by atoms with Gasteiger partial charge in [0.2, 0.25) is 0 Å². The number of ether oxygens (including phenoxy) is 1. The maximum absolute atomic E-state index is 5.68. The minimum atomic E-state index is 0.174. The van der Waals surface area contributed by atoms with Crippen LogP contribution in [0.2, 0.25) is 0 Å². The van der Waals surface area contributed by atoms with Gasteiger partial charge >= 0.3 is 0 Å². The molecule has 2 aliphatic heterocycles. The Hall–Kier alpha value is -3.26. The molecular weight excluding hydrogens is 450 g/mol. The maximum atomic E-state index is 5.68. The Bertz CT molecular complexity index is 1420. The molecule has 0 saturated carbocycles. The lowest BCUT2D eigenvalue weighted by Gasteiger charge is -2.36. The Morgan fingerprint density at radius 1 is 0.972 bits per heavy atom. The first-order chi connectivity index (χ1) is 17.8. The molecule has 8 heteroatoms. The number of rotatable bonds is 3. The van der Waals surface area contributed by atoms with Crippen LogP contribution in [0.4, 0.5) is 11.6 Å². The fourth-order valence-corrected chi connectivity index (χ4v) is 6.38. The van der Waals surface area contributed by atoms with Crippen LogP contribution >= 0.6 is 0 Å². The molecule has 4 aromatic rings. The van der Waals surface area contributed by atoms with Crippen LogP contribution in [0.5, 0.6) is 0 Å². The summed E-state index contributed by atoms with van der Waals surface area (Å²) in [4.78, 5) is 19.5. The summed E-state index contributed by atoms with van der Waals surface area (Å²) in [7, 11) is 0. The van der Waals surface area contributed by atoms with E-state index in [0.717, 1.165) is 86.6 Å². The monoisotopic (exact) mass is 483 g/mol. The molecule has 3 aromatic heterocycles. The van der Waals surface area contributed by atoms with E-state index in [-0.39, 0.29) is 6.04 Å². The van der Waals surface area contributed by atoms with Gasteiger partial charge in [0.15, 0.2) is 5.65 Å². The van der Waals surface area contributed by atoms with Crippen molar-refractivity contribution in [2.24, 2.45) is 0 Å². The molecule has 2 fully saturated rings. The van der Waals surface area contributed by atoms with E-state index in [9.17, 15) is 0 Å². The molecule has 1 atom stereocenters. The van der Waals surface area contributed by atoms with E-state index in [4.69, 9.17) is 19.8 Å². The normalized spacial score (nSPS) is 20.8. The predicted molar refractivity (Wildman–Crippen MR) is 141 cm³/mol. The summed E-state index contributed by atoms with van der Waals surface area (Å²) in [6.45, 7) is 6.47. The Labute approximate surface area is 211 Å². The molecule has 36 heavy (non-hydrogen) atoms. The van der Waals surface area contributed by atoms with Crippen molar-refractivity contribution in [3.8, 4) is 0 Å². The summed E-state index contributed by atoms with van der Waals surface area (Å²) in [5.41, 5.74) is 6.94. The second-order valence-electron chi connectivity index (χ2n) is 10.4. The summed E-state index contributed by atoms with van der Waals surface area (Å²) in [6.07, 6.45) is 9.71. The average Bonchev–Trinajstić information content (AvgIpc) is 3.35. The maximum Gasteiger partial charge on any atom is 0.157 e. The number of aryl methyl sites for hydroxylation is 2. The highest BCUT2D eigenvalue weighted by atomic mass is 16.5. The third-order valence-electron chi connectivity index (χ3n) is 8.15. The molecule has 8 nitrogen and oxygen atoms in total. The van der Waals surface area contributed by atoms with Crippen LogP contribution in [0, 0.1) is 6.92 Å². The first-order valence-electron chi connectivity index (χ1n) is 13.5. The Kier molecular flexibility index (Phi) is 5.49. The first-order valence-corrected chi connectivity index (χ1v) is 13.5. The molecule has 1 unspecified atom stereocenters. The van der Waals surface area contributed by atoms with Gasteiger partial charge in [-0.25, -0.2) is 15.0 Å². The molecule has 0 spiro atoms. The topological polar surface area (TPSA) is 71.7 Å². The fraction of sp³-hybridized carbons (Fsp3) is 0.500. The lowest BCUT2D eigenvalue weighted by Crippen LogP contribution is -2.38. The van der Waals surface area contributed by atoms with E-state index in [1.165, 1.54) is 41.9 Å². The predicted octanol–water partition coefficient (Wildman–Crippen LogP) is 4.43. The number of anilines is 2. The molecule has 186 valence electrons. The SMILES string of the molecule is Cc1cccc2ncnc(N3CCCCC3c3cc4nc5c(c(N6CCOCC6)n4n3)CCCC5)c12. The van der Waals surface area contributed by atoms with E-state index in [1.54, 1.807) is 6.33 Å². The number of piperidine rings is 1. The molecule has 7 rings (SSSR count). The third kappa shape index (κ3) is 3.61. The quantitative estimate of drug-likeness (QED) is 0.427. The third-order valence-corrected chi connectivity index (χ3v) is 8.15. The highest BCUT2D eigenvalue weighted by Gasteiger charge is 2.31. The van der Waals surface area contributed by atoms with Gasteiger partial charge in [0.05, 0.1) is 30.5 Å². The van der Waals surface area contributed by atoms with Crippen molar-refractivity contribution in [3.05, 3.63) is 53.1 Å². The first kappa shape index (κ1) is 22.0. The van der Waals surface area contributed by atoms with Gasteiger partial charge in [-0.2, -0.15) is 9.61 Å². The standard InChI is InChI=1S/C28H33N7O/c1-19-7-6-10-22-26(19)27(30-18-29-22)34-12-5-4-11-24(34)23-17-25-31-21-9-3-2-8-20(21)28(35(25)32-23)33-13-15-36-16-14-33/h6-7,10,17-18,24H,2-5,8-9,11-16H2,1H3. The highest BCUT2D eigenvalue weighted by molar-refractivity contribution is 5.92. The van der Waals surface area contributed by atoms with Crippen molar-refractivity contribution >= 4 is 28.2 Å². The molecule has 0 amide bonds. The second-order valence-corrected chi connectivity index (χ2v) is 10.4. The van der Waals surface area contributed by atoms with Crippen LogP contribution in [-0.4, -0.2) is 57.4 Å². The zero-order valence-electron chi connectivity index (χ0n) is 21.0. The highest BCUT2D eigenvalue weighted by Crippen LogP contribution is 2.39. The number of benzene rings is 1. The summed E-state index contributed by atoms with van der Waals surface area (Å²) >= 11 is 0. The molecular formula is C28H33N7O. The molecule has 5 heterocycles. The minimum absolute atomic E-state index is 0.174. The largest absolute Gasteiger partial charge is 0.378 e. The van der Waals surface area contributed by atoms with Crippen molar-refractivity contribution in [1.29, 1.82) is 0 Å². The summed E-state index contributed by atoms with van der Waals surface area (Å²) in [5.74, 6) is 2.27. The lowest BCUT2D eigenvalue weighted by atomic mass is 9.96. The smallest absolute Gasteiger partial charge is 0.157 e. The number of aromatic nitrogens is 5. The van der Waals surface area contributed by atoms with Crippen molar-refractivity contribution in [2.75, 3.05) is 42.6 Å². The van der Waals surface area contributed by atoms with E-state index >= 15 is 0 Å². The fourth-order valence-electron chi connectivity index (χ4n) is 6.38. The molecule has 1 aromatic carbocycles. The minimum Gasteiger partial charge on any atom is -0.378 e. The van der Waals surface area contributed by atoms with Crippen molar-refractivity contribution in [3.63, 3.8) is 0 Å². The molecule has 2 saturated heterocycles. The molecule has 3 aliphatic rings. The lowest BCUT2D eigenvalue weighted by molar-refractivity contribution is 0.122. The molecule has 0 N–H and O–H groups in total. The van der Waals surface area contributed by atoms with Crippen LogP contribution in [0.3, 0.4) is 0 Å². The Balaban J connectivity index is 1.36. The van der Waals surface area contributed by atoms with E-state index in [2.05, 4.69) is 50.5 Å². The van der Waals surface area contributed by atoms with Crippen LogP contribution in [-0.2, 0) is 17.6 Å².